The fraction of sp³-hybridized carbons (Fsp3) is 0.273. The summed E-state index contributed by atoms with van der Waals surface area (Å²) in [5.74, 6) is -1.13. The SMILES string of the molecule is CCN(CC)S(=O)(=O)c1ccc(N(C)C)c(NC(=O)c2cc(-c3cccc(F)c3)no2)c1. The number of hydrogen-bond acceptors (Lipinski definition) is 6. The molecule has 0 atom stereocenters. The molecule has 1 amide bonds. The van der Waals surface area contributed by atoms with Crippen LogP contribution >= 0.6 is 0 Å². The minimum Gasteiger partial charge on any atom is -0.376 e. The Morgan fingerprint density at radius 1 is 1.09 bits per heavy atom. The number of benzene rings is 2. The first-order chi connectivity index (χ1) is 15.2. The molecule has 0 aliphatic rings. The van der Waals surface area contributed by atoms with Crippen LogP contribution in [0.3, 0.4) is 0 Å². The van der Waals surface area contributed by atoms with Crippen LogP contribution in [0.15, 0.2) is 57.9 Å². The zero-order valence-electron chi connectivity index (χ0n) is 18.3. The zero-order valence-corrected chi connectivity index (χ0v) is 19.1. The van der Waals surface area contributed by atoms with Crippen molar-refractivity contribution in [3.63, 3.8) is 0 Å². The highest BCUT2D eigenvalue weighted by Crippen LogP contribution is 2.30. The predicted octanol–water partition coefficient (Wildman–Crippen LogP) is 3.83. The molecule has 3 aromatic rings. The second-order valence-electron chi connectivity index (χ2n) is 7.20. The number of halogens is 1. The molecule has 10 heteroatoms. The fourth-order valence-corrected chi connectivity index (χ4v) is 4.71. The summed E-state index contributed by atoms with van der Waals surface area (Å²) >= 11 is 0. The van der Waals surface area contributed by atoms with Crippen molar-refractivity contribution in [1.29, 1.82) is 0 Å². The molecule has 0 aliphatic heterocycles. The number of rotatable bonds is 8. The predicted molar refractivity (Wildman–Crippen MR) is 121 cm³/mol. The maximum absolute atomic E-state index is 13.5. The molecule has 3 rings (SSSR count). The molecule has 170 valence electrons. The van der Waals surface area contributed by atoms with E-state index in [1.54, 1.807) is 45.0 Å². The molecule has 0 saturated heterocycles. The van der Waals surface area contributed by atoms with E-state index < -0.39 is 21.7 Å². The standard InChI is InChI=1S/C22H25FN4O4S/c1-5-27(6-2)32(29,30)17-10-11-20(26(3)4)19(13-17)24-22(28)21-14-18(25-31-21)15-8-7-9-16(23)12-15/h7-14H,5-6H2,1-4H3,(H,24,28). The highest BCUT2D eigenvalue weighted by atomic mass is 32.2. The Bertz CT molecular complexity index is 1220. The summed E-state index contributed by atoms with van der Waals surface area (Å²) in [4.78, 5) is 14.6. The first kappa shape index (κ1) is 23.4. The normalized spacial score (nSPS) is 11.6. The summed E-state index contributed by atoms with van der Waals surface area (Å²) in [5, 5.41) is 6.53. The van der Waals surface area contributed by atoms with Crippen LogP contribution in [-0.2, 0) is 10.0 Å². The molecule has 0 saturated carbocycles. The molecule has 1 heterocycles. The minimum absolute atomic E-state index is 0.0696. The lowest BCUT2D eigenvalue weighted by Crippen LogP contribution is -2.30. The highest BCUT2D eigenvalue weighted by Gasteiger charge is 2.24. The van der Waals surface area contributed by atoms with Gasteiger partial charge in [-0.15, -0.1) is 0 Å². The Kier molecular flexibility index (Phi) is 6.95. The van der Waals surface area contributed by atoms with Gasteiger partial charge >= 0.3 is 0 Å². The lowest BCUT2D eigenvalue weighted by molar-refractivity contribution is 0.0988. The Hall–Kier alpha value is -3.24. The zero-order chi connectivity index (χ0) is 23.5. The van der Waals surface area contributed by atoms with Crippen LogP contribution < -0.4 is 10.2 Å². The summed E-state index contributed by atoms with van der Waals surface area (Å²) in [7, 11) is -0.155. The summed E-state index contributed by atoms with van der Waals surface area (Å²) in [6.45, 7) is 4.18. The van der Waals surface area contributed by atoms with E-state index in [4.69, 9.17) is 4.52 Å². The Morgan fingerprint density at radius 3 is 2.44 bits per heavy atom. The molecule has 1 aromatic heterocycles. The van der Waals surface area contributed by atoms with Crippen molar-refractivity contribution >= 4 is 27.3 Å². The van der Waals surface area contributed by atoms with Gasteiger partial charge in [0.15, 0.2) is 0 Å². The van der Waals surface area contributed by atoms with Gasteiger partial charge in [0, 0.05) is 38.8 Å². The third-order valence-electron chi connectivity index (χ3n) is 4.90. The summed E-state index contributed by atoms with van der Waals surface area (Å²) in [6, 6.07) is 11.7. The van der Waals surface area contributed by atoms with E-state index in [9.17, 15) is 17.6 Å². The molecule has 0 radical (unpaired) electrons. The van der Waals surface area contributed by atoms with Crippen LogP contribution in [-0.4, -0.2) is 51.0 Å². The first-order valence-corrected chi connectivity index (χ1v) is 11.5. The topological polar surface area (TPSA) is 95.8 Å². The largest absolute Gasteiger partial charge is 0.376 e. The lowest BCUT2D eigenvalue weighted by Gasteiger charge is -2.22. The molecule has 0 unspecified atom stereocenters. The Balaban J connectivity index is 1.93. The van der Waals surface area contributed by atoms with E-state index in [0.29, 0.717) is 35.7 Å². The quantitative estimate of drug-likeness (QED) is 0.549. The van der Waals surface area contributed by atoms with Crippen LogP contribution in [0.1, 0.15) is 24.4 Å². The van der Waals surface area contributed by atoms with Crippen molar-refractivity contribution in [2.24, 2.45) is 0 Å². The summed E-state index contributed by atoms with van der Waals surface area (Å²) in [6.07, 6.45) is 0. The third kappa shape index (κ3) is 4.81. The third-order valence-corrected chi connectivity index (χ3v) is 6.94. The highest BCUT2D eigenvalue weighted by molar-refractivity contribution is 7.89. The smallest absolute Gasteiger partial charge is 0.294 e. The Morgan fingerprint density at radius 2 is 1.81 bits per heavy atom. The van der Waals surface area contributed by atoms with Gasteiger partial charge in [0.25, 0.3) is 5.91 Å². The van der Waals surface area contributed by atoms with Gasteiger partial charge in [0.1, 0.15) is 11.5 Å². The van der Waals surface area contributed by atoms with Gasteiger partial charge < -0.3 is 14.7 Å². The summed E-state index contributed by atoms with van der Waals surface area (Å²) < 4.78 is 45.8. The molecule has 2 aromatic carbocycles. The second kappa shape index (κ2) is 9.49. The molecule has 0 aliphatic carbocycles. The van der Waals surface area contributed by atoms with Gasteiger partial charge in [-0.25, -0.2) is 12.8 Å². The van der Waals surface area contributed by atoms with Gasteiger partial charge in [0.2, 0.25) is 15.8 Å². The number of carbonyl (C=O) groups excluding carboxylic acids is 1. The number of nitrogens with one attached hydrogen (secondary N) is 1. The van der Waals surface area contributed by atoms with Crippen LogP contribution in [0.4, 0.5) is 15.8 Å². The molecule has 0 bridgehead atoms. The average Bonchev–Trinajstić information content (AvgIpc) is 3.25. The van der Waals surface area contributed by atoms with Crippen molar-refractivity contribution in [3.8, 4) is 11.3 Å². The maximum Gasteiger partial charge on any atom is 0.294 e. The Labute approximate surface area is 186 Å². The van der Waals surface area contributed by atoms with Crippen LogP contribution in [0.5, 0.6) is 0 Å². The van der Waals surface area contributed by atoms with Crippen molar-refractivity contribution in [2.75, 3.05) is 37.4 Å². The number of hydrogen-bond donors (Lipinski definition) is 1. The number of amides is 1. The monoisotopic (exact) mass is 460 g/mol. The summed E-state index contributed by atoms with van der Waals surface area (Å²) in [5.41, 5.74) is 1.69. The van der Waals surface area contributed by atoms with Crippen molar-refractivity contribution in [3.05, 3.63) is 60.1 Å². The first-order valence-electron chi connectivity index (χ1n) is 10.0. The van der Waals surface area contributed by atoms with E-state index in [2.05, 4.69) is 10.5 Å². The van der Waals surface area contributed by atoms with Gasteiger partial charge in [-0.05, 0) is 30.3 Å². The van der Waals surface area contributed by atoms with Crippen molar-refractivity contribution in [2.45, 2.75) is 18.7 Å². The molecular weight excluding hydrogens is 435 g/mol. The number of sulfonamides is 1. The van der Waals surface area contributed by atoms with Gasteiger partial charge in [-0.2, -0.15) is 4.31 Å². The van der Waals surface area contributed by atoms with E-state index in [1.807, 2.05) is 0 Å². The van der Waals surface area contributed by atoms with Gasteiger partial charge in [-0.1, -0.05) is 31.1 Å². The minimum atomic E-state index is -3.71. The number of aromatic nitrogens is 1. The fourth-order valence-electron chi connectivity index (χ4n) is 3.23. The molecule has 32 heavy (non-hydrogen) atoms. The van der Waals surface area contributed by atoms with Crippen molar-refractivity contribution < 1.29 is 22.1 Å². The molecule has 8 nitrogen and oxygen atoms in total. The van der Waals surface area contributed by atoms with E-state index in [-0.39, 0.29) is 10.7 Å². The van der Waals surface area contributed by atoms with Gasteiger partial charge in [-0.3, -0.25) is 4.79 Å². The van der Waals surface area contributed by atoms with E-state index in [1.165, 1.54) is 40.7 Å². The maximum atomic E-state index is 13.5. The van der Waals surface area contributed by atoms with E-state index in [0.717, 1.165) is 0 Å². The molecule has 1 N–H and O–H groups in total. The number of nitrogens with zero attached hydrogens (tertiary/aromatic N) is 3. The van der Waals surface area contributed by atoms with E-state index >= 15 is 0 Å². The van der Waals surface area contributed by atoms with Gasteiger partial charge in [0.05, 0.1) is 16.3 Å². The molecule has 0 fully saturated rings. The van der Waals surface area contributed by atoms with Crippen LogP contribution in [0, 0.1) is 5.82 Å². The average molecular weight is 461 g/mol. The molecular formula is C22H25FN4O4S. The van der Waals surface area contributed by atoms with Crippen LogP contribution in [0.2, 0.25) is 0 Å². The van der Waals surface area contributed by atoms with Crippen molar-refractivity contribution in [1.82, 2.24) is 9.46 Å². The molecule has 0 spiro atoms. The lowest BCUT2D eigenvalue weighted by atomic mass is 10.1. The number of anilines is 2. The second-order valence-corrected chi connectivity index (χ2v) is 9.14. The number of carbonyl (C=O) groups is 1. The van der Waals surface area contributed by atoms with Crippen LogP contribution in [0.25, 0.3) is 11.3 Å².